The van der Waals surface area contributed by atoms with Gasteiger partial charge in [0.2, 0.25) is 0 Å². The number of carbonyl (C=O) groups excluding carboxylic acids is 2. The van der Waals surface area contributed by atoms with Crippen LogP contribution in [0.2, 0.25) is 0 Å². The largest absolute Gasteiger partial charge is 0.360 e. The maximum Gasteiger partial charge on any atom is 0.186 e. The highest BCUT2D eigenvalue weighted by Crippen LogP contribution is 2.25. The first kappa shape index (κ1) is 20.8. The number of rotatable bonds is 8. The van der Waals surface area contributed by atoms with E-state index in [9.17, 15) is 9.59 Å². The number of hydrogen-bond donors (Lipinski definition) is 2. The Morgan fingerprint density at radius 2 is 1.58 bits per heavy atom. The van der Waals surface area contributed by atoms with Crippen LogP contribution in [0.5, 0.6) is 0 Å². The van der Waals surface area contributed by atoms with Crippen LogP contribution in [0.15, 0.2) is 85.1 Å². The van der Waals surface area contributed by atoms with E-state index in [2.05, 4.69) is 17.2 Å². The van der Waals surface area contributed by atoms with E-state index in [0.717, 1.165) is 28.5 Å². The molecule has 0 aliphatic carbocycles. The number of Topliss-reactive ketones (excluding diaryl/α,β-unsaturated/α-hetero) is 2. The van der Waals surface area contributed by atoms with E-state index in [4.69, 9.17) is 0 Å². The smallest absolute Gasteiger partial charge is 0.186 e. The molecule has 2 N–H and O–H groups in total. The number of nitrogens with one attached hydrogen (secondary N) is 2. The first-order chi connectivity index (χ1) is 15.0. The lowest BCUT2D eigenvalue weighted by Crippen LogP contribution is -2.36. The maximum absolute atomic E-state index is 13.6. The first-order valence-corrected chi connectivity index (χ1v) is 10.5. The molecule has 0 bridgehead atoms. The fraction of sp³-hybridized carbons (Fsp3) is 0.185. The van der Waals surface area contributed by atoms with Gasteiger partial charge in [-0.15, -0.1) is 0 Å². The number of benzene rings is 3. The lowest BCUT2D eigenvalue weighted by molar-refractivity contribution is 0.0937. The third-order valence-corrected chi connectivity index (χ3v) is 5.60. The van der Waals surface area contributed by atoms with Gasteiger partial charge >= 0.3 is 0 Å². The second-order valence-corrected chi connectivity index (χ2v) is 7.98. The predicted octanol–water partition coefficient (Wildman–Crippen LogP) is 5.52. The lowest BCUT2D eigenvalue weighted by Gasteiger charge is -2.23. The molecular weight excluding hydrogens is 384 g/mol. The van der Waals surface area contributed by atoms with Crippen molar-refractivity contribution in [1.82, 2.24) is 10.3 Å². The Labute approximate surface area is 182 Å². The molecule has 1 heterocycles. The molecule has 2 atom stereocenters. The van der Waals surface area contributed by atoms with E-state index < -0.39 is 6.04 Å². The molecule has 4 heteroatoms. The SMILES string of the molecule is CC(=O)c1ccc(C[C@@H](C)N[C@H](C(=O)c2c[nH]c3ccccc23)c2ccccc2)cc1. The van der Waals surface area contributed by atoms with Crippen molar-refractivity contribution in [2.75, 3.05) is 0 Å². The summed E-state index contributed by atoms with van der Waals surface area (Å²) in [6, 6.07) is 25.0. The Hall–Kier alpha value is -3.50. The van der Waals surface area contributed by atoms with Gasteiger partial charge in [-0.1, -0.05) is 72.8 Å². The fourth-order valence-corrected chi connectivity index (χ4v) is 3.97. The molecule has 0 unspecified atom stereocenters. The maximum atomic E-state index is 13.6. The van der Waals surface area contributed by atoms with Crippen LogP contribution in [0.1, 0.15) is 51.7 Å². The van der Waals surface area contributed by atoms with Gasteiger partial charge in [0.1, 0.15) is 0 Å². The van der Waals surface area contributed by atoms with Gasteiger partial charge in [0.05, 0.1) is 6.04 Å². The predicted molar refractivity (Wildman–Crippen MR) is 125 cm³/mol. The van der Waals surface area contributed by atoms with Gasteiger partial charge in [-0.2, -0.15) is 0 Å². The van der Waals surface area contributed by atoms with Crippen molar-refractivity contribution in [3.05, 3.63) is 107 Å². The van der Waals surface area contributed by atoms with E-state index in [1.165, 1.54) is 0 Å². The number of para-hydroxylation sites is 1. The summed E-state index contributed by atoms with van der Waals surface area (Å²) in [7, 11) is 0. The molecule has 31 heavy (non-hydrogen) atoms. The molecule has 0 spiro atoms. The van der Waals surface area contributed by atoms with Crippen molar-refractivity contribution in [3.8, 4) is 0 Å². The summed E-state index contributed by atoms with van der Waals surface area (Å²) in [5.74, 6) is 0.105. The summed E-state index contributed by atoms with van der Waals surface area (Å²) in [6.45, 7) is 3.65. The van der Waals surface area contributed by atoms with Crippen molar-refractivity contribution < 1.29 is 9.59 Å². The second kappa shape index (κ2) is 9.11. The summed E-state index contributed by atoms with van der Waals surface area (Å²) in [5, 5.41) is 4.47. The molecule has 0 fully saturated rings. The number of aromatic nitrogens is 1. The van der Waals surface area contributed by atoms with Gasteiger partial charge in [0, 0.05) is 34.3 Å². The molecular formula is C27H26N2O2. The summed E-state index contributed by atoms with van der Waals surface area (Å²) in [5.41, 5.74) is 4.42. The molecule has 4 rings (SSSR count). The van der Waals surface area contributed by atoms with Crippen LogP contribution in [-0.2, 0) is 6.42 Å². The van der Waals surface area contributed by atoms with Crippen molar-refractivity contribution >= 4 is 22.5 Å². The average Bonchev–Trinajstić information content (AvgIpc) is 3.22. The topological polar surface area (TPSA) is 62.0 Å². The van der Waals surface area contributed by atoms with Gasteiger partial charge in [-0.05, 0) is 37.5 Å². The summed E-state index contributed by atoms with van der Waals surface area (Å²) in [6.07, 6.45) is 2.55. The Morgan fingerprint density at radius 1 is 0.903 bits per heavy atom. The minimum Gasteiger partial charge on any atom is -0.360 e. The molecule has 0 aliphatic heterocycles. The standard InChI is InChI=1S/C27H26N2O2/c1-18(16-20-12-14-21(15-13-20)19(2)30)29-26(22-8-4-3-5-9-22)27(31)24-17-28-25-11-7-6-10-23(24)25/h3-15,17-18,26,28-29H,16H2,1-2H3/t18-,26+/m1/s1. The number of fused-ring (bicyclic) bond motifs is 1. The van der Waals surface area contributed by atoms with Crippen LogP contribution in [0, 0.1) is 0 Å². The van der Waals surface area contributed by atoms with Gasteiger partial charge in [-0.3, -0.25) is 9.59 Å². The highest BCUT2D eigenvalue weighted by molar-refractivity contribution is 6.10. The quantitative estimate of drug-likeness (QED) is 0.376. The van der Waals surface area contributed by atoms with Gasteiger partial charge in [0.25, 0.3) is 0 Å². The van der Waals surface area contributed by atoms with Crippen LogP contribution in [-0.4, -0.2) is 22.6 Å². The van der Waals surface area contributed by atoms with E-state index >= 15 is 0 Å². The van der Waals surface area contributed by atoms with E-state index in [0.29, 0.717) is 11.1 Å². The van der Waals surface area contributed by atoms with Crippen LogP contribution in [0.25, 0.3) is 10.9 Å². The minimum atomic E-state index is -0.452. The zero-order valence-electron chi connectivity index (χ0n) is 17.8. The number of hydrogen-bond acceptors (Lipinski definition) is 3. The third-order valence-electron chi connectivity index (χ3n) is 5.60. The van der Waals surface area contributed by atoms with Crippen molar-refractivity contribution in [3.63, 3.8) is 0 Å². The first-order valence-electron chi connectivity index (χ1n) is 10.5. The number of ketones is 2. The Bertz CT molecular complexity index is 1190. The molecule has 3 aromatic carbocycles. The van der Waals surface area contributed by atoms with Crippen LogP contribution in [0.4, 0.5) is 0 Å². The van der Waals surface area contributed by atoms with Gasteiger partial charge < -0.3 is 10.3 Å². The minimum absolute atomic E-state index is 0.0439. The third kappa shape index (κ3) is 4.65. The molecule has 0 aliphatic rings. The molecule has 156 valence electrons. The van der Waals surface area contributed by atoms with E-state index in [-0.39, 0.29) is 17.6 Å². The van der Waals surface area contributed by atoms with E-state index in [1.807, 2.05) is 78.9 Å². The highest BCUT2D eigenvalue weighted by Gasteiger charge is 2.25. The molecule has 0 saturated carbocycles. The molecule has 4 nitrogen and oxygen atoms in total. The van der Waals surface area contributed by atoms with Crippen molar-refractivity contribution in [1.29, 1.82) is 0 Å². The Morgan fingerprint density at radius 3 is 2.29 bits per heavy atom. The molecule has 0 amide bonds. The summed E-state index contributed by atoms with van der Waals surface area (Å²) >= 11 is 0. The van der Waals surface area contributed by atoms with Crippen molar-refractivity contribution in [2.45, 2.75) is 32.4 Å². The van der Waals surface area contributed by atoms with Gasteiger partial charge in [-0.25, -0.2) is 0 Å². The normalized spacial score (nSPS) is 13.1. The average molecular weight is 411 g/mol. The van der Waals surface area contributed by atoms with E-state index in [1.54, 1.807) is 13.1 Å². The zero-order chi connectivity index (χ0) is 21.8. The molecule has 1 aromatic heterocycles. The lowest BCUT2D eigenvalue weighted by atomic mass is 9.95. The monoisotopic (exact) mass is 410 g/mol. The Balaban J connectivity index is 1.58. The van der Waals surface area contributed by atoms with Crippen LogP contribution in [0.3, 0.4) is 0 Å². The highest BCUT2D eigenvalue weighted by atomic mass is 16.1. The van der Waals surface area contributed by atoms with Crippen LogP contribution < -0.4 is 5.32 Å². The fourth-order valence-electron chi connectivity index (χ4n) is 3.97. The number of carbonyl (C=O) groups is 2. The molecule has 0 radical (unpaired) electrons. The summed E-state index contributed by atoms with van der Waals surface area (Å²) < 4.78 is 0. The van der Waals surface area contributed by atoms with Crippen molar-refractivity contribution in [2.24, 2.45) is 0 Å². The number of aromatic amines is 1. The molecule has 4 aromatic rings. The molecule has 0 saturated heterocycles. The Kier molecular flexibility index (Phi) is 6.10. The van der Waals surface area contributed by atoms with Gasteiger partial charge in [0.15, 0.2) is 11.6 Å². The summed E-state index contributed by atoms with van der Waals surface area (Å²) in [4.78, 5) is 28.3. The number of H-pyrrole nitrogens is 1. The van der Waals surface area contributed by atoms with Crippen LogP contribution >= 0.6 is 0 Å². The zero-order valence-corrected chi connectivity index (χ0v) is 17.8. The second-order valence-electron chi connectivity index (χ2n) is 7.98.